The standard InChI is InChI=1S/C12H15N3O2S/c1-8-6-18-11-9(8)10(13-7-14-11)15-4-2-12(16,17)3-5-15/h6-7,16-17H,2-5H2,1H3. The summed E-state index contributed by atoms with van der Waals surface area (Å²) < 4.78 is 0. The van der Waals surface area contributed by atoms with Gasteiger partial charge in [-0.15, -0.1) is 11.3 Å². The van der Waals surface area contributed by atoms with E-state index in [9.17, 15) is 10.2 Å². The van der Waals surface area contributed by atoms with Gasteiger partial charge in [-0.05, 0) is 17.9 Å². The van der Waals surface area contributed by atoms with Crippen LogP contribution in [0.15, 0.2) is 11.7 Å². The zero-order chi connectivity index (χ0) is 12.8. The number of anilines is 1. The smallest absolute Gasteiger partial charge is 0.165 e. The van der Waals surface area contributed by atoms with E-state index in [-0.39, 0.29) is 0 Å². The van der Waals surface area contributed by atoms with E-state index in [1.807, 2.05) is 0 Å². The zero-order valence-corrected chi connectivity index (χ0v) is 10.9. The van der Waals surface area contributed by atoms with E-state index >= 15 is 0 Å². The van der Waals surface area contributed by atoms with Crippen molar-refractivity contribution in [1.82, 2.24) is 9.97 Å². The number of aliphatic hydroxyl groups is 2. The van der Waals surface area contributed by atoms with Gasteiger partial charge in [0.15, 0.2) is 5.79 Å². The van der Waals surface area contributed by atoms with E-state index in [2.05, 4.69) is 27.2 Å². The van der Waals surface area contributed by atoms with Crippen LogP contribution in [-0.4, -0.2) is 39.1 Å². The monoisotopic (exact) mass is 265 g/mol. The second kappa shape index (κ2) is 4.15. The number of rotatable bonds is 1. The van der Waals surface area contributed by atoms with Crippen molar-refractivity contribution in [2.24, 2.45) is 0 Å². The Kier molecular flexibility index (Phi) is 2.73. The highest BCUT2D eigenvalue weighted by atomic mass is 32.1. The van der Waals surface area contributed by atoms with Crippen molar-refractivity contribution in [2.75, 3.05) is 18.0 Å². The number of piperidine rings is 1. The second-order valence-electron chi connectivity index (χ2n) is 4.77. The lowest BCUT2D eigenvalue weighted by Crippen LogP contribution is -2.44. The number of thiophene rings is 1. The number of aromatic nitrogens is 2. The Morgan fingerprint density at radius 1 is 1.28 bits per heavy atom. The van der Waals surface area contributed by atoms with Crippen molar-refractivity contribution >= 4 is 27.4 Å². The molecular weight excluding hydrogens is 250 g/mol. The molecule has 1 saturated heterocycles. The molecule has 5 nitrogen and oxygen atoms in total. The number of fused-ring (bicyclic) bond motifs is 1. The van der Waals surface area contributed by atoms with Gasteiger partial charge < -0.3 is 15.1 Å². The average molecular weight is 265 g/mol. The van der Waals surface area contributed by atoms with Crippen LogP contribution in [0, 0.1) is 6.92 Å². The fourth-order valence-electron chi connectivity index (χ4n) is 2.31. The van der Waals surface area contributed by atoms with Crippen LogP contribution in [0.25, 0.3) is 10.2 Å². The maximum atomic E-state index is 9.57. The maximum Gasteiger partial charge on any atom is 0.165 e. The Morgan fingerprint density at radius 2 is 2.00 bits per heavy atom. The predicted molar refractivity (Wildman–Crippen MR) is 70.8 cm³/mol. The molecule has 0 atom stereocenters. The van der Waals surface area contributed by atoms with Crippen LogP contribution in [0.2, 0.25) is 0 Å². The van der Waals surface area contributed by atoms with Gasteiger partial charge in [0.25, 0.3) is 0 Å². The quantitative estimate of drug-likeness (QED) is 0.760. The molecule has 3 rings (SSSR count). The lowest BCUT2D eigenvalue weighted by Gasteiger charge is -2.35. The van der Waals surface area contributed by atoms with Crippen LogP contribution in [-0.2, 0) is 0 Å². The molecule has 3 heterocycles. The molecule has 1 aliphatic rings. The largest absolute Gasteiger partial charge is 0.365 e. The normalized spacial score (nSPS) is 19.4. The molecule has 0 bridgehead atoms. The first kappa shape index (κ1) is 11.8. The first-order valence-corrected chi connectivity index (χ1v) is 6.83. The molecule has 0 amide bonds. The van der Waals surface area contributed by atoms with Crippen molar-refractivity contribution in [3.8, 4) is 0 Å². The third-order valence-corrected chi connectivity index (χ3v) is 4.40. The molecule has 18 heavy (non-hydrogen) atoms. The molecule has 6 heteroatoms. The number of hydrogen-bond donors (Lipinski definition) is 2. The summed E-state index contributed by atoms with van der Waals surface area (Å²) in [5, 5.41) is 22.3. The predicted octanol–water partition coefficient (Wildman–Crippen LogP) is 1.28. The van der Waals surface area contributed by atoms with Gasteiger partial charge in [0, 0.05) is 25.9 Å². The molecule has 0 spiro atoms. The fourth-order valence-corrected chi connectivity index (χ4v) is 3.20. The van der Waals surface area contributed by atoms with Crippen molar-refractivity contribution in [1.29, 1.82) is 0 Å². The molecular formula is C12H15N3O2S. The van der Waals surface area contributed by atoms with Crippen molar-refractivity contribution in [2.45, 2.75) is 25.6 Å². The molecule has 0 radical (unpaired) electrons. The first-order chi connectivity index (χ1) is 8.57. The Labute approximate surface area is 109 Å². The molecule has 1 aliphatic heterocycles. The Morgan fingerprint density at radius 3 is 2.72 bits per heavy atom. The van der Waals surface area contributed by atoms with Gasteiger partial charge in [-0.2, -0.15) is 0 Å². The van der Waals surface area contributed by atoms with E-state index in [1.165, 1.54) is 5.56 Å². The third kappa shape index (κ3) is 1.96. The van der Waals surface area contributed by atoms with Crippen LogP contribution in [0.3, 0.4) is 0 Å². The van der Waals surface area contributed by atoms with Crippen molar-refractivity contribution < 1.29 is 10.2 Å². The van der Waals surface area contributed by atoms with Gasteiger partial charge in [0.2, 0.25) is 0 Å². The van der Waals surface area contributed by atoms with Gasteiger partial charge in [-0.3, -0.25) is 0 Å². The minimum absolute atomic E-state index is 0.349. The van der Waals surface area contributed by atoms with Gasteiger partial charge in [-0.1, -0.05) is 0 Å². The van der Waals surface area contributed by atoms with Gasteiger partial charge in [-0.25, -0.2) is 9.97 Å². The Bertz CT molecular complexity index is 572. The zero-order valence-electron chi connectivity index (χ0n) is 10.1. The van der Waals surface area contributed by atoms with E-state index in [1.54, 1.807) is 17.7 Å². The molecule has 0 aliphatic carbocycles. The first-order valence-electron chi connectivity index (χ1n) is 5.95. The van der Waals surface area contributed by atoms with Crippen LogP contribution in [0.5, 0.6) is 0 Å². The third-order valence-electron chi connectivity index (χ3n) is 3.40. The summed E-state index contributed by atoms with van der Waals surface area (Å²) in [7, 11) is 0. The summed E-state index contributed by atoms with van der Waals surface area (Å²) in [6.45, 7) is 3.26. The number of nitrogens with zero attached hydrogens (tertiary/aromatic N) is 3. The summed E-state index contributed by atoms with van der Waals surface area (Å²) in [6.07, 6.45) is 2.27. The van der Waals surface area contributed by atoms with Crippen molar-refractivity contribution in [3.63, 3.8) is 0 Å². The van der Waals surface area contributed by atoms with Crippen LogP contribution >= 0.6 is 11.3 Å². The highest BCUT2D eigenvalue weighted by molar-refractivity contribution is 7.17. The van der Waals surface area contributed by atoms with Crippen LogP contribution < -0.4 is 4.90 Å². The molecule has 2 aromatic rings. The molecule has 2 aromatic heterocycles. The summed E-state index contributed by atoms with van der Waals surface area (Å²) in [6, 6.07) is 0. The average Bonchev–Trinajstić information content (AvgIpc) is 2.72. The minimum atomic E-state index is -1.52. The van der Waals surface area contributed by atoms with Gasteiger partial charge in [0.1, 0.15) is 17.0 Å². The molecule has 0 unspecified atom stereocenters. The fraction of sp³-hybridized carbons (Fsp3) is 0.500. The lowest BCUT2D eigenvalue weighted by molar-refractivity contribution is -0.172. The van der Waals surface area contributed by atoms with E-state index < -0.39 is 5.79 Å². The lowest BCUT2D eigenvalue weighted by atomic mass is 10.0. The summed E-state index contributed by atoms with van der Waals surface area (Å²) in [4.78, 5) is 11.7. The highest BCUT2D eigenvalue weighted by Gasteiger charge is 2.30. The summed E-state index contributed by atoms with van der Waals surface area (Å²) >= 11 is 1.62. The van der Waals surface area contributed by atoms with Crippen LogP contribution in [0.4, 0.5) is 5.82 Å². The highest BCUT2D eigenvalue weighted by Crippen LogP contribution is 2.32. The van der Waals surface area contributed by atoms with Gasteiger partial charge in [0.05, 0.1) is 5.39 Å². The topological polar surface area (TPSA) is 69.5 Å². The molecule has 2 N–H and O–H groups in total. The molecule has 96 valence electrons. The minimum Gasteiger partial charge on any atom is -0.365 e. The SMILES string of the molecule is Cc1csc2ncnc(N3CCC(O)(O)CC3)c12. The number of hydrogen-bond acceptors (Lipinski definition) is 6. The molecule has 1 fully saturated rings. The van der Waals surface area contributed by atoms with Crippen molar-refractivity contribution in [3.05, 3.63) is 17.3 Å². The Hall–Kier alpha value is -1.24. The summed E-state index contributed by atoms with van der Waals surface area (Å²) in [5.41, 5.74) is 1.18. The molecule has 0 saturated carbocycles. The maximum absolute atomic E-state index is 9.57. The van der Waals surface area contributed by atoms with Gasteiger partial charge >= 0.3 is 0 Å². The number of aryl methyl sites for hydroxylation is 1. The second-order valence-corrected chi connectivity index (χ2v) is 5.62. The van der Waals surface area contributed by atoms with Crippen LogP contribution in [0.1, 0.15) is 18.4 Å². The Balaban J connectivity index is 1.98. The van der Waals surface area contributed by atoms with E-state index in [0.29, 0.717) is 25.9 Å². The van der Waals surface area contributed by atoms with E-state index in [4.69, 9.17) is 0 Å². The molecule has 0 aromatic carbocycles. The summed E-state index contributed by atoms with van der Waals surface area (Å²) in [5.74, 6) is -0.610. The van der Waals surface area contributed by atoms with E-state index in [0.717, 1.165) is 16.0 Å².